The van der Waals surface area contributed by atoms with Gasteiger partial charge in [0.25, 0.3) is 0 Å². The van der Waals surface area contributed by atoms with Gasteiger partial charge in [0.15, 0.2) is 0 Å². The van der Waals surface area contributed by atoms with E-state index in [2.05, 4.69) is 22.3 Å². The highest BCUT2D eigenvalue weighted by atomic mass is 19.1. The largest absolute Gasteiger partial charge is 0.467 e. The number of carbonyl (C=O) groups excluding carboxylic acids is 2. The minimum Gasteiger partial charge on any atom is -0.467 e. The van der Waals surface area contributed by atoms with Crippen molar-refractivity contribution in [1.82, 2.24) is 15.2 Å². The summed E-state index contributed by atoms with van der Waals surface area (Å²) in [6.45, 7) is 3.98. The van der Waals surface area contributed by atoms with Gasteiger partial charge in [-0.25, -0.2) is 4.79 Å². The fraction of sp³-hybridized carbons (Fsp3) is 0.759. The maximum Gasteiger partial charge on any atom is 0.328 e. The predicted octanol–water partition coefficient (Wildman–Crippen LogP) is 4.96. The Balaban J connectivity index is 1.34. The van der Waals surface area contributed by atoms with E-state index in [1.165, 1.54) is 43.3 Å². The van der Waals surface area contributed by atoms with Crippen molar-refractivity contribution in [3.63, 3.8) is 0 Å². The number of piperidine rings is 1. The summed E-state index contributed by atoms with van der Waals surface area (Å²) in [5.41, 5.74) is 3.46. The first-order valence-corrected chi connectivity index (χ1v) is 14.1. The molecular formula is C29H46FN3O3. The average Bonchev–Trinajstić information content (AvgIpc) is 2.90. The third-order valence-corrected chi connectivity index (χ3v) is 8.07. The van der Waals surface area contributed by atoms with Gasteiger partial charge < -0.3 is 15.0 Å². The fourth-order valence-electron chi connectivity index (χ4n) is 5.46. The second-order valence-electron chi connectivity index (χ2n) is 10.9. The van der Waals surface area contributed by atoms with Crippen LogP contribution in [0.3, 0.4) is 0 Å². The van der Waals surface area contributed by atoms with Gasteiger partial charge in [0.05, 0.1) is 13.8 Å². The SMILES string of the molecule is COC(=O)[C@H](CCCCCCCc1ccc2c(n1)CCCC2)NC(=O)C1(C)CCN(CCCF)CC1. The molecule has 36 heavy (non-hydrogen) atoms. The number of likely N-dealkylation sites (tertiary alicyclic amines) is 1. The van der Waals surface area contributed by atoms with Crippen LogP contribution in [0, 0.1) is 5.41 Å². The van der Waals surface area contributed by atoms with Gasteiger partial charge >= 0.3 is 5.97 Å². The Bertz CT molecular complexity index is 839. The first kappa shape index (κ1) is 28.5. The van der Waals surface area contributed by atoms with Crippen LogP contribution in [0.2, 0.25) is 0 Å². The zero-order chi connectivity index (χ0) is 25.8. The number of esters is 1. The van der Waals surface area contributed by atoms with Crippen molar-refractivity contribution in [2.45, 2.75) is 103 Å². The molecular weight excluding hydrogens is 457 g/mol. The molecule has 1 amide bonds. The molecule has 1 N–H and O–H groups in total. The zero-order valence-electron chi connectivity index (χ0n) is 22.5. The Morgan fingerprint density at radius 3 is 2.56 bits per heavy atom. The zero-order valence-corrected chi connectivity index (χ0v) is 22.5. The standard InChI is InChI=1S/C29H46FN3O3/c1-29(17-21-33(22-18-29)20-10-19-30)28(35)32-26(27(34)36-2)14-7-5-3-4-6-12-24-16-15-23-11-8-9-13-25(23)31-24/h15-16,26H,3-14,17-22H2,1-2H3,(H,32,35)/t26-/m0/s1. The number of ether oxygens (including phenoxy) is 1. The van der Waals surface area contributed by atoms with Gasteiger partial charge in [0.2, 0.25) is 5.91 Å². The van der Waals surface area contributed by atoms with Gasteiger partial charge in [-0.05, 0) is 88.9 Å². The molecule has 1 atom stereocenters. The summed E-state index contributed by atoms with van der Waals surface area (Å²) in [5.74, 6) is -0.439. The van der Waals surface area contributed by atoms with Crippen molar-refractivity contribution >= 4 is 11.9 Å². The molecule has 0 aromatic carbocycles. The average molecular weight is 504 g/mol. The summed E-state index contributed by atoms with van der Waals surface area (Å²) in [5, 5.41) is 2.98. The number of rotatable bonds is 14. The fourth-order valence-corrected chi connectivity index (χ4v) is 5.46. The van der Waals surface area contributed by atoms with Gasteiger partial charge in [-0.3, -0.25) is 14.2 Å². The summed E-state index contributed by atoms with van der Waals surface area (Å²) in [4.78, 5) is 32.5. The molecule has 6 nitrogen and oxygen atoms in total. The number of carbonyl (C=O) groups is 2. The van der Waals surface area contributed by atoms with Crippen LogP contribution in [0.15, 0.2) is 12.1 Å². The summed E-state index contributed by atoms with van der Waals surface area (Å²) in [7, 11) is 1.38. The lowest BCUT2D eigenvalue weighted by atomic mass is 9.79. The highest BCUT2D eigenvalue weighted by Crippen LogP contribution is 2.31. The quantitative estimate of drug-likeness (QED) is 0.287. The van der Waals surface area contributed by atoms with Crippen molar-refractivity contribution in [3.8, 4) is 0 Å². The lowest BCUT2D eigenvalue weighted by Crippen LogP contribution is -2.51. The van der Waals surface area contributed by atoms with E-state index >= 15 is 0 Å². The number of nitrogens with one attached hydrogen (secondary N) is 1. The summed E-state index contributed by atoms with van der Waals surface area (Å²) in [6, 6.07) is 3.88. The Kier molecular flexibility index (Phi) is 11.6. The highest BCUT2D eigenvalue weighted by Gasteiger charge is 2.38. The van der Waals surface area contributed by atoms with E-state index in [1.807, 2.05) is 6.92 Å². The lowest BCUT2D eigenvalue weighted by Gasteiger charge is -2.38. The molecule has 2 aliphatic rings. The van der Waals surface area contributed by atoms with Gasteiger partial charge in [-0.1, -0.05) is 38.7 Å². The normalized spacial score (nSPS) is 18.3. The number of fused-ring (bicyclic) bond motifs is 1. The van der Waals surface area contributed by atoms with Crippen molar-refractivity contribution in [2.75, 3.05) is 33.4 Å². The first-order chi connectivity index (χ1) is 17.4. The summed E-state index contributed by atoms with van der Waals surface area (Å²) >= 11 is 0. The molecule has 1 aromatic rings. The third-order valence-electron chi connectivity index (χ3n) is 8.07. The van der Waals surface area contributed by atoms with E-state index in [-0.39, 0.29) is 18.6 Å². The van der Waals surface area contributed by atoms with Crippen molar-refractivity contribution < 1.29 is 18.7 Å². The maximum atomic E-state index is 13.1. The molecule has 0 radical (unpaired) electrons. The molecule has 0 bridgehead atoms. The Morgan fingerprint density at radius 2 is 1.81 bits per heavy atom. The van der Waals surface area contributed by atoms with Crippen molar-refractivity contribution in [1.29, 1.82) is 0 Å². The summed E-state index contributed by atoms with van der Waals surface area (Å²) < 4.78 is 17.4. The van der Waals surface area contributed by atoms with Crippen LogP contribution in [0.25, 0.3) is 0 Å². The van der Waals surface area contributed by atoms with Gasteiger partial charge in [0, 0.05) is 23.3 Å². The van der Waals surface area contributed by atoms with E-state index in [0.717, 1.165) is 77.4 Å². The highest BCUT2D eigenvalue weighted by molar-refractivity contribution is 5.87. The number of hydrogen-bond donors (Lipinski definition) is 1. The number of nitrogens with zero attached hydrogens (tertiary/aromatic N) is 2. The van der Waals surface area contributed by atoms with Crippen molar-refractivity contribution in [2.24, 2.45) is 5.41 Å². The van der Waals surface area contributed by atoms with E-state index in [4.69, 9.17) is 9.72 Å². The molecule has 1 fully saturated rings. The van der Waals surface area contributed by atoms with Gasteiger partial charge in [-0.15, -0.1) is 0 Å². The van der Waals surface area contributed by atoms with Gasteiger partial charge in [-0.2, -0.15) is 0 Å². The van der Waals surface area contributed by atoms with Crippen LogP contribution in [0.4, 0.5) is 4.39 Å². The van der Waals surface area contributed by atoms with Crippen LogP contribution in [-0.2, 0) is 33.6 Å². The Morgan fingerprint density at radius 1 is 1.08 bits per heavy atom. The Labute approximate surface area is 216 Å². The molecule has 2 heterocycles. The molecule has 1 saturated heterocycles. The molecule has 0 spiro atoms. The number of hydrogen-bond acceptors (Lipinski definition) is 5. The number of amides is 1. The van der Waals surface area contributed by atoms with Crippen LogP contribution >= 0.6 is 0 Å². The molecule has 0 saturated carbocycles. The minimum absolute atomic E-state index is 0.0689. The number of unbranched alkanes of at least 4 members (excludes halogenated alkanes) is 4. The Hall–Kier alpha value is -2.02. The smallest absolute Gasteiger partial charge is 0.328 e. The van der Waals surface area contributed by atoms with Crippen LogP contribution in [0.1, 0.15) is 94.5 Å². The maximum absolute atomic E-state index is 13.1. The molecule has 202 valence electrons. The molecule has 1 aliphatic heterocycles. The summed E-state index contributed by atoms with van der Waals surface area (Å²) in [6.07, 6.45) is 13.7. The van der Waals surface area contributed by atoms with Crippen molar-refractivity contribution in [3.05, 3.63) is 29.1 Å². The molecule has 7 heteroatoms. The van der Waals surface area contributed by atoms with Crippen LogP contribution in [-0.4, -0.2) is 61.2 Å². The number of pyridine rings is 1. The molecule has 0 unspecified atom stereocenters. The van der Waals surface area contributed by atoms with E-state index in [0.29, 0.717) is 12.8 Å². The minimum atomic E-state index is -0.594. The lowest BCUT2D eigenvalue weighted by molar-refractivity contribution is -0.147. The number of aryl methyl sites for hydroxylation is 3. The molecule has 3 rings (SSSR count). The van der Waals surface area contributed by atoms with E-state index < -0.39 is 11.5 Å². The molecule has 1 aliphatic carbocycles. The molecule has 1 aromatic heterocycles. The van der Waals surface area contributed by atoms with Crippen LogP contribution in [0.5, 0.6) is 0 Å². The number of halogens is 1. The van der Waals surface area contributed by atoms with E-state index in [9.17, 15) is 14.0 Å². The van der Waals surface area contributed by atoms with Gasteiger partial charge in [0.1, 0.15) is 6.04 Å². The monoisotopic (exact) mass is 503 g/mol. The second-order valence-corrected chi connectivity index (χ2v) is 10.9. The van der Waals surface area contributed by atoms with Crippen LogP contribution < -0.4 is 5.32 Å². The number of methoxy groups -OCH3 is 1. The first-order valence-electron chi connectivity index (χ1n) is 14.1. The topological polar surface area (TPSA) is 71.5 Å². The number of alkyl halides is 1. The number of aromatic nitrogens is 1. The predicted molar refractivity (Wildman–Crippen MR) is 141 cm³/mol. The van der Waals surface area contributed by atoms with E-state index in [1.54, 1.807) is 0 Å². The second kappa shape index (κ2) is 14.7. The third kappa shape index (κ3) is 8.53.